The highest BCUT2D eigenvalue weighted by molar-refractivity contribution is 6.33. The fourth-order valence-electron chi connectivity index (χ4n) is 1.85. The third-order valence-electron chi connectivity index (χ3n) is 2.71. The molecule has 92 valence electrons. The Balaban J connectivity index is 2.45. The molecular weight excluding hydrogens is 244 g/mol. The molecule has 18 heavy (non-hydrogen) atoms. The summed E-state index contributed by atoms with van der Waals surface area (Å²) in [7, 11) is 0. The lowest BCUT2D eigenvalue weighted by Crippen LogP contribution is -1.97. The minimum absolute atomic E-state index is 0.683. The molecule has 0 saturated carbocycles. The molecule has 0 saturated heterocycles. The van der Waals surface area contributed by atoms with Crippen LogP contribution in [0.1, 0.15) is 23.7 Å². The van der Waals surface area contributed by atoms with Crippen LogP contribution in [0, 0.1) is 13.8 Å². The van der Waals surface area contributed by atoms with Crippen molar-refractivity contribution in [1.82, 2.24) is 4.98 Å². The maximum atomic E-state index is 6.24. The van der Waals surface area contributed by atoms with Gasteiger partial charge in [-0.25, -0.2) is 4.99 Å². The van der Waals surface area contributed by atoms with Gasteiger partial charge in [0.1, 0.15) is 0 Å². The number of pyridine rings is 1. The molecule has 2 nitrogen and oxygen atoms in total. The number of hydrogen-bond acceptors (Lipinski definition) is 2. The number of nitrogens with zero attached hydrogens (tertiary/aromatic N) is 2. The first-order valence-corrected chi connectivity index (χ1v) is 6.19. The van der Waals surface area contributed by atoms with Crippen molar-refractivity contribution in [2.24, 2.45) is 4.99 Å². The Morgan fingerprint density at radius 1 is 1.22 bits per heavy atom. The van der Waals surface area contributed by atoms with E-state index >= 15 is 0 Å². The van der Waals surface area contributed by atoms with Gasteiger partial charge in [0, 0.05) is 6.20 Å². The van der Waals surface area contributed by atoms with Crippen LogP contribution in [-0.2, 0) is 0 Å². The molecule has 0 spiro atoms. The van der Waals surface area contributed by atoms with Gasteiger partial charge in [0.15, 0.2) is 0 Å². The van der Waals surface area contributed by atoms with E-state index in [1.54, 1.807) is 6.20 Å². The number of halogens is 1. The Hall–Kier alpha value is -1.67. The summed E-state index contributed by atoms with van der Waals surface area (Å²) in [6, 6.07) is 9.79. The fourth-order valence-corrected chi connectivity index (χ4v) is 2.21. The first-order valence-electron chi connectivity index (χ1n) is 5.81. The molecule has 1 aromatic heterocycles. The Kier molecular flexibility index (Phi) is 3.78. The van der Waals surface area contributed by atoms with Crippen molar-refractivity contribution in [2.45, 2.75) is 20.8 Å². The van der Waals surface area contributed by atoms with E-state index in [4.69, 9.17) is 11.6 Å². The number of rotatable bonds is 2. The van der Waals surface area contributed by atoms with E-state index in [1.165, 1.54) is 0 Å². The summed E-state index contributed by atoms with van der Waals surface area (Å²) in [6.45, 7) is 5.99. The third kappa shape index (κ3) is 2.77. The number of aromatic nitrogens is 1. The van der Waals surface area contributed by atoms with E-state index in [9.17, 15) is 0 Å². The maximum absolute atomic E-state index is 6.24. The van der Waals surface area contributed by atoms with E-state index in [1.807, 2.05) is 45.0 Å². The van der Waals surface area contributed by atoms with Crippen LogP contribution >= 0.6 is 11.6 Å². The monoisotopic (exact) mass is 258 g/mol. The Labute approximate surface area is 112 Å². The van der Waals surface area contributed by atoms with Gasteiger partial charge in [0.25, 0.3) is 0 Å². The van der Waals surface area contributed by atoms with Gasteiger partial charge in [-0.2, -0.15) is 0 Å². The minimum atomic E-state index is 0.683. The number of aliphatic imine (C=N–C) groups is 1. The summed E-state index contributed by atoms with van der Waals surface area (Å²) in [5, 5.41) is 0.683. The van der Waals surface area contributed by atoms with Crippen molar-refractivity contribution in [2.75, 3.05) is 0 Å². The molecule has 3 heteroatoms. The molecule has 2 aromatic rings. The van der Waals surface area contributed by atoms with Crippen LogP contribution in [-0.4, -0.2) is 10.7 Å². The second-order valence-electron chi connectivity index (χ2n) is 4.32. The SMILES string of the molecule is CC(=Nc1c(C)cc(C)cc1Cl)c1ccccn1. The topological polar surface area (TPSA) is 25.2 Å². The summed E-state index contributed by atoms with van der Waals surface area (Å²) >= 11 is 6.24. The summed E-state index contributed by atoms with van der Waals surface area (Å²) in [4.78, 5) is 8.87. The first kappa shape index (κ1) is 12.8. The highest BCUT2D eigenvalue weighted by Gasteiger charge is 2.06. The Bertz CT molecular complexity index is 566. The van der Waals surface area contributed by atoms with Gasteiger partial charge in [0.2, 0.25) is 0 Å². The van der Waals surface area contributed by atoms with Crippen LogP contribution in [0.3, 0.4) is 0 Å². The first-order chi connectivity index (χ1) is 8.58. The standard InChI is InChI=1S/C15H15ClN2/c1-10-8-11(2)15(13(16)9-10)18-12(3)14-6-4-5-7-17-14/h4-9H,1-3H3. The number of hydrogen-bond donors (Lipinski definition) is 0. The average Bonchev–Trinajstić information content (AvgIpc) is 2.34. The molecule has 0 aliphatic carbocycles. The highest BCUT2D eigenvalue weighted by atomic mass is 35.5. The molecule has 1 heterocycles. The van der Waals surface area contributed by atoms with Crippen molar-refractivity contribution in [3.63, 3.8) is 0 Å². The Morgan fingerprint density at radius 3 is 2.61 bits per heavy atom. The van der Waals surface area contributed by atoms with Gasteiger partial charge in [-0.05, 0) is 50.1 Å². The van der Waals surface area contributed by atoms with E-state index < -0.39 is 0 Å². The van der Waals surface area contributed by atoms with E-state index in [0.717, 1.165) is 28.2 Å². The minimum Gasteiger partial charge on any atom is -0.255 e. The molecule has 0 unspecified atom stereocenters. The fraction of sp³-hybridized carbons (Fsp3) is 0.200. The molecule has 0 aliphatic heterocycles. The smallest absolute Gasteiger partial charge is 0.0849 e. The van der Waals surface area contributed by atoms with Crippen LogP contribution in [0.4, 0.5) is 5.69 Å². The summed E-state index contributed by atoms with van der Waals surface area (Å²) in [6.07, 6.45) is 1.76. The highest BCUT2D eigenvalue weighted by Crippen LogP contribution is 2.30. The Morgan fingerprint density at radius 2 is 2.00 bits per heavy atom. The molecule has 0 fully saturated rings. The largest absolute Gasteiger partial charge is 0.255 e. The summed E-state index contributed by atoms with van der Waals surface area (Å²) in [5.74, 6) is 0. The van der Waals surface area contributed by atoms with Crippen LogP contribution in [0.2, 0.25) is 5.02 Å². The maximum Gasteiger partial charge on any atom is 0.0849 e. The van der Waals surface area contributed by atoms with Gasteiger partial charge in [-0.1, -0.05) is 23.7 Å². The molecule has 1 aromatic carbocycles. The van der Waals surface area contributed by atoms with Gasteiger partial charge in [0.05, 0.1) is 22.1 Å². The van der Waals surface area contributed by atoms with E-state index in [-0.39, 0.29) is 0 Å². The van der Waals surface area contributed by atoms with E-state index in [0.29, 0.717) is 5.02 Å². The van der Waals surface area contributed by atoms with Crippen molar-refractivity contribution in [3.8, 4) is 0 Å². The van der Waals surface area contributed by atoms with Gasteiger partial charge in [-0.3, -0.25) is 4.98 Å². The molecule has 0 N–H and O–H groups in total. The lowest BCUT2D eigenvalue weighted by atomic mass is 10.1. The molecular formula is C15H15ClN2. The van der Waals surface area contributed by atoms with Gasteiger partial charge < -0.3 is 0 Å². The second-order valence-corrected chi connectivity index (χ2v) is 4.73. The van der Waals surface area contributed by atoms with Crippen LogP contribution in [0.25, 0.3) is 0 Å². The van der Waals surface area contributed by atoms with Crippen molar-refractivity contribution >= 4 is 23.0 Å². The normalized spacial score (nSPS) is 11.7. The molecule has 0 amide bonds. The number of benzene rings is 1. The van der Waals surface area contributed by atoms with E-state index in [2.05, 4.69) is 16.0 Å². The molecule has 2 rings (SSSR count). The van der Waals surface area contributed by atoms with Crippen LogP contribution < -0.4 is 0 Å². The van der Waals surface area contributed by atoms with Crippen molar-refractivity contribution in [3.05, 3.63) is 58.4 Å². The molecule has 0 radical (unpaired) electrons. The predicted molar refractivity (Wildman–Crippen MR) is 77.0 cm³/mol. The van der Waals surface area contributed by atoms with Crippen LogP contribution in [0.15, 0.2) is 41.5 Å². The van der Waals surface area contributed by atoms with Gasteiger partial charge in [-0.15, -0.1) is 0 Å². The second kappa shape index (κ2) is 5.32. The lowest BCUT2D eigenvalue weighted by molar-refractivity contribution is 1.27. The molecule has 0 aliphatic rings. The quantitative estimate of drug-likeness (QED) is 0.729. The molecule has 0 bridgehead atoms. The van der Waals surface area contributed by atoms with Crippen molar-refractivity contribution < 1.29 is 0 Å². The van der Waals surface area contributed by atoms with Gasteiger partial charge >= 0.3 is 0 Å². The summed E-state index contributed by atoms with van der Waals surface area (Å²) in [5.41, 5.74) is 4.78. The van der Waals surface area contributed by atoms with Crippen molar-refractivity contribution in [1.29, 1.82) is 0 Å². The number of aryl methyl sites for hydroxylation is 2. The zero-order chi connectivity index (χ0) is 13.1. The predicted octanol–water partition coefficient (Wildman–Crippen LogP) is 4.49. The van der Waals surface area contributed by atoms with Crippen LogP contribution in [0.5, 0.6) is 0 Å². The summed E-state index contributed by atoms with van der Waals surface area (Å²) < 4.78 is 0. The molecule has 0 atom stereocenters. The third-order valence-corrected chi connectivity index (χ3v) is 3.00. The zero-order valence-electron chi connectivity index (χ0n) is 10.7. The average molecular weight is 259 g/mol. The zero-order valence-corrected chi connectivity index (χ0v) is 11.5. The lowest BCUT2D eigenvalue weighted by Gasteiger charge is -2.07.